The number of benzene rings is 1. The summed E-state index contributed by atoms with van der Waals surface area (Å²) in [6.45, 7) is 5.48. The molecule has 2 N–H and O–H groups in total. The summed E-state index contributed by atoms with van der Waals surface area (Å²) >= 11 is 0. The van der Waals surface area contributed by atoms with E-state index in [-0.39, 0.29) is 35.7 Å². The summed E-state index contributed by atoms with van der Waals surface area (Å²) in [5.41, 5.74) is 1.20. The maximum atomic E-state index is 13.5. The Bertz CT molecular complexity index is 435. The summed E-state index contributed by atoms with van der Waals surface area (Å²) in [6, 6.07) is 4.71. The van der Waals surface area contributed by atoms with E-state index >= 15 is 0 Å². The fraction of sp³-hybridized carbons (Fsp3) is 0.462. The lowest BCUT2D eigenvalue weighted by molar-refractivity contribution is -0.121. The van der Waals surface area contributed by atoms with Gasteiger partial charge in [0.15, 0.2) is 0 Å². The molecule has 0 bridgehead atoms. The van der Waals surface area contributed by atoms with Crippen LogP contribution in [0.1, 0.15) is 12.5 Å². The van der Waals surface area contributed by atoms with Crippen molar-refractivity contribution in [3.8, 4) is 0 Å². The van der Waals surface area contributed by atoms with Crippen LogP contribution in [0, 0.1) is 24.6 Å². The quantitative estimate of drug-likeness (QED) is 0.887. The smallest absolute Gasteiger partial charge is 0.227 e. The highest BCUT2D eigenvalue weighted by molar-refractivity contribution is 5.92. The summed E-state index contributed by atoms with van der Waals surface area (Å²) < 4.78 is 13.5. The van der Waals surface area contributed by atoms with E-state index in [1.54, 1.807) is 12.1 Å². The first-order chi connectivity index (χ1) is 8.08. The van der Waals surface area contributed by atoms with Crippen molar-refractivity contribution in [3.05, 3.63) is 29.6 Å². The SMILES string of the molecule is Cc1ccc(F)c(NC(=O)C(C)C2CNC2)c1.Cl. The van der Waals surface area contributed by atoms with Gasteiger partial charge in [-0.25, -0.2) is 4.39 Å². The Morgan fingerprint density at radius 1 is 1.50 bits per heavy atom. The van der Waals surface area contributed by atoms with Crippen molar-refractivity contribution in [3.63, 3.8) is 0 Å². The van der Waals surface area contributed by atoms with E-state index in [1.165, 1.54) is 6.07 Å². The molecule has 0 aromatic heterocycles. The highest BCUT2D eigenvalue weighted by Crippen LogP contribution is 2.20. The predicted octanol–water partition coefficient (Wildman–Crippen LogP) is 2.35. The summed E-state index contributed by atoms with van der Waals surface area (Å²) in [7, 11) is 0. The first-order valence-corrected chi connectivity index (χ1v) is 5.85. The minimum Gasteiger partial charge on any atom is -0.323 e. The molecule has 1 aromatic rings. The molecule has 1 fully saturated rings. The maximum absolute atomic E-state index is 13.5. The molecule has 2 rings (SSSR count). The Labute approximate surface area is 113 Å². The van der Waals surface area contributed by atoms with Gasteiger partial charge in [0, 0.05) is 5.92 Å². The van der Waals surface area contributed by atoms with Gasteiger partial charge in [0.1, 0.15) is 5.82 Å². The predicted molar refractivity (Wildman–Crippen MR) is 72.5 cm³/mol. The number of rotatable bonds is 3. The molecule has 1 heterocycles. The van der Waals surface area contributed by atoms with Crippen molar-refractivity contribution in [1.82, 2.24) is 5.32 Å². The molecule has 1 aromatic carbocycles. The molecule has 100 valence electrons. The largest absolute Gasteiger partial charge is 0.323 e. The Hall–Kier alpha value is -1.13. The maximum Gasteiger partial charge on any atom is 0.227 e. The van der Waals surface area contributed by atoms with Crippen LogP contribution in [0.15, 0.2) is 18.2 Å². The molecule has 5 heteroatoms. The van der Waals surface area contributed by atoms with Gasteiger partial charge >= 0.3 is 0 Å². The van der Waals surface area contributed by atoms with Crippen LogP contribution in [0.5, 0.6) is 0 Å². The summed E-state index contributed by atoms with van der Waals surface area (Å²) in [5, 5.41) is 5.79. The second kappa shape index (κ2) is 6.16. The van der Waals surface area contributed by atoms with Crippen molar-refractivity contribution in [1.29, 1.82) is 0 Å². The molecule has 1 saturated heterocycles. The van der Waals surface area contributed by atoms with Gasteiger partial charge in [-0.2, -0.15) is 0 Å². The number of amides is 1. The van der Waals surface area contributed by atoms with Crippen molar-refractivity contribution < 1.29 is 9.18 Å². The molecule has 0 radical (unpaired) electrons. The normalized spacial score (nSPS) is 16.4. The second-order valence-electron chi connectivity index (χ2n) is 4.68. The van der Waals surface area contributed by atoms with Gasteiger partial charge in [0.25, 0.3) is 0 Å². The standard InChI is InChI=1S/C13H17FN2O.ClH/c1-8-3-4-11(14)12(5-8)16-13(17)9(2)10-6-15-7-10;/h3-5,9-10,15H,6-7H2,1-2H3,(H,16,17);1H. The molecule has 1 aliphatic rings. The Morgan fingerprint density at radius 2 is 2.17 bits per heavy atom. The van der Waals surface area contributed by atoms with Gasteiger partial charge in [-0.05, 0) is 43.6 Å². The fourth-order valence-electron chi connectivity index (χ4n) is 1.86. The third kappa shape index (κ3) is 3.21. The molecule has 0 aliphatic carbocycles. The fourth-order valence-corrected chi connectivity index (χ4v) is 1.86. The molecule has 1 atom stereocenters. The number of anilines is 1. The van der Waals surface area contributed by atoms with E-state index in [4.69, 9.17) is 0 Å². The first kappa shape index (κ1) is 14.9. The molecule has 1 unspecified atom stereocenters. The number of carbonyl (C=O) groups is 1. The van der Waals surface area contributed by atoms with E-state index in [0.717, 1.165) is 18.7 Å². The van der Waals surface area contributed by atoms with Gasteiger partial charge in [-0.3, -0.25) is 4.79 Å². The number of hydrogen-bond acceptors (Lipinski definition) is 2. The van der Waals surface area contributed by atoms with Crippen LogP contribution < -0.4 is 10.6 Å². The van der Waals surface area contributed by atoms with Crippen LogP contribution >= 0.6 is 12.4 Å². The van der Waals surface area contributed by atoms with Crippen LogP contribution in [0.2, 0.25) is 0 Å². The van der Waals surface area contributed by atoms with Crippen LogP contribution in [0.3, 0.4) is 0 Å². The third-order valence-electron chi connectivity index (χ3n) is 3.31. The monoisotopic (exact) mass is 272 g/mol. The van der Waals surface area contributed by atoms with Gasteiger partial charge in [-0.1, -0.05) is 13.0 Å². The molecule has 0 saturated carbocycles. The number of hydrogen-bond donors (Lipinski definition) is 2. The number of carbonyl (C=O) groups excluding carboxylic acids is 1. The lowest BCUT2D eigenvalue weighted by Crippen LogP contribution is -2.48. The highest BCUT2D eigenvalue weighted by atomic mass is 35.5. The van der Waals surface area contributed by atoms with Crippen molar-refractivity contribution in [2.75, 3.05) is 18.4 Å². The van der Waals surface area contributed by atoms with Crippen molar-refractivity contribution in [2.24, 2.45) is 11.8 Å². The zero-order valence-electron chi connectivity index (χ0n) is 10.5. The van der Waals surface area contributed by atoms with E-state index < -0.39 is 0 Å². The zero-order chi connectivity index (χ0) is 12.4. The van der Waals surface area contributed by atoms with Crippen LogP contribution in [0.25, 0.3) is 0 Å². The third-order valence-corrected chi connectivity index (χ3v) is 3.31. The molecule has 18 heavy (non-hydrogen) atoms. The van der Waals surface area contributed by atoms with Crippen molar-refractivity contribution in [2.45, 2.75) is 13.8 Å². The van der Waals surface area contributed by atoms with Crippen LogP contribution in [-0.4, -0.2) is 19.0 Å². The molecular weight excluding hydrogens is 255 g/mol. The summed E-state index contributed by atoms with van der Waals surface area (Å²) in [4.78, 5) is 11.9. The van der Waals surface area contributed by atoms with Gasteiger partial charge < -0.3 is 10.6 Å². The average Bonchev–Trinajstić information content (AvgIpc) is 2.21. The first-order valence-electron chi connectivity index (χ1n) is 5.85. The minimum absolute atomic E-state index is 0. The topological polar surface area (TPSA) is 41.1 Å². The Kier molecular flexibility index (Phi) is 5.11. The Balaban J connectivity index is 0.00000162. The van der Waals surface area contributed by atoms with E-state index in [2.05, 4.69) is 10.6 Å². The van der Waals surface area contributed by atoms with E-state index in [0.29, 0.717) is 5.92 Å². The van der Waals surface area contributed by atoms with Crippen molar-refractivity contribution >= 4 is 24.0 Å². The van der Waals surface area contributed by atoms with Crippen LogP contribution in [-0.2, 0) is 4.79 Å². The summed E-state index contributed by atoms with van der Waals surface area (Å²) in [6.07, 6.45) is 0. The lowest BCUT2D eigenvalue weighted by atomic mass is 9.88. The minimum atomic E-state index is -0.386. The average molecular weight is 273 g/mol. The molecular formula is C13H18ClFN2O. The van der Waals surface area contributed by atoms with E-state index in [1.807, 2.05) is 13.8 Å². The number of nitrogens with one attached hydrogen (secondary N) is 2. The van der Waals surface area contributed by atoms with Gasteiger partial charge in [0.2, 0.25) is 5.91 Å². The van der Waals surface area contributed by atoms with E-state index in [9.17, 15) is 9.18 Å². The molecule has 0 spiro atoms. The number of halogens is 2. The van der Waals surface area contributed by atoms with Gasteiger partial charge in [0.05, 0.1) is 5.69 Å². The highest BCUT2D eigenvalue weighted by Gasteiger charge is 2.28. The molecule has 1 amide bonds. The second-order valence-corrected chi connectivity index (χ2v) is 4.68. The Morgan fingerprint density at radius 3 is 2.72 bits per heavy atom. The van der Waals surface area contributed by atoms with Crippen LogP contribution in [0.4, 0.5) is 10.1 Å². The molecule has 3 nitrogen and oxygen atoms in total. The lowest BCUT2D eigenvalue weighted by Gasteiger charge is -2.31. The summed E-state index contributed by atoms with van der Waals surface area (Å²) in [5.74, 6) is -0.220. The van der Waals surface area contributed by atoms with Gasteiger partial charge in [-0.15, -0.1) is 12.4 Å². The zero-order valence-corrected chi connectivity index (χ0v) is 11.3. The number of aryl methyl sites for hydroxylation is 1. The molecule has 1 aliphatic heterocycles.